The minimum absolute atomic E-state index is 0.379. The van der Waals surface area contributed by atoms with Crippen LogP contribution in [0.15, 0.2) is 0 Å². The Balaban J connectivity index is 1.86. The molecule has 2 aliphatic rings. The largest absolute Gasteiger partial charge is 0.415 e. The standard InChI is InChI=1S/C18H36O2Si/c19-21-20-18(17-13-9-5-2-6-10-14-17)15-16-11-7-3-1-4-8-12-16/h16-19H,1-15,21H2. The molecule has 2 aliphatic carbocycles. The highest BCUT2D eigenvalue weighted by molar-refractivity contribution is 6.15. The molecule has 2 nitrogen and oxygen atoms in total. The molecule has 1 N–H and O–H groups in total. The van der Waals surface area contributed by atoms with Gasteiger partial charge in [-0.1, -0.05) is 77.0 Å². The average Bonchev–Trinajstić information content (AvgIpc) is 2.40. The molecular formula is C18H36O2Si. The Morgan fingerprint density at radius 2 is 1.24 bits per heavy atom. The molecule has 0 amide bonds. The molecule has 0 radical (unpaired) electrons. The van der Waals surface area contributed by atoms with Crippen molar-refractivity contribution in [1.29, 1.82) is 0 Å². The Hall–Kier alpha value is 0.137. The van der Waals surface area contributed by atoms with Crippen LogP contribution < -0.4 is 0 Å². The summed E-state index contributed by atoms with van der Waals surface area (Å²) in [5.74, 6) is 1.59. The molecule has 3 heteroatoms. The van der Waals surface area contributed by atoms with Crippen molar-refractivity contribution in [1.82, 2.24) is 0 Å². The van der Waals surface area contributed by atoms with Crippen molar-refractivity contribution in [2.75, 3.05) is 0 Å². The van der Waals surface area contributed by atoms with E-state index < -0.39 is 10.0 Å². The molecule has 0 heterocycles. The van der Waals surface area contributed by atoms with E-state index in [0.29, 0.717) is 6.10 Å². The lowest BCUT2D eigenvalue weighted by molar-refractivity contribution is 0.0749. The zero-order chi connectivity index (χ0) is 14.8. The van der Waals surface area contributed by atoms with Crippen LogP contribution in [0.1, 0.15) is 96.3 Å². The first kappa shape index (κ1) is 17.5. The highest BCUT2D eigenvalue weighted by Crippen LogP contribution is 2.33. The SMILES string of the molecule is O[SiH2]OC(CC1CCCCCCC1)C1CCCCCCC1. The van der Waals surface area contributed by atoms with Crippen LogP contribution in [0.25, 0.3) is 0 Å². The molecule has 0 aromatic rings. The lowest BCUT2D eigenvalue weighted by atomic mass is 9.80. The number of hydrogen-bond donors (Lipinski definition) is 1. The van der Waals surface area contributed by atoms with Crippen molar-refractivity contribution in [3.63, 3.8) is 0 Å². The fraction of sp³-hybridized carbons (Fsp3) is 1.00. The van der Waals surface area contributed by atoms with E-state index in [4.69, 9.17) is 4.43 Å². The topological polar surface area (TPSA) is 29.5 Å². The summed E-state index contributed by atoms with van der Waals surface area (Å²) in [5, 5.41) is 0. The van der Waals surface area contributed by atoms with Crippen LogP contribution in [0.2, 0.25) is 0 Å². The van der Waals surface area contributed by atoms with Crippen LogP contribution in [0.5, 0.6) is 0 Å². The Bertz CT molecular complexity index is 244. The van der Waals surface area contributed by atoms with E-state index in [1.807, 2.05) is 0 Å². The lowest BCUT2D eigenvalue weighted by Gasteiger charge is -2.32. The zero-order valence-corrected chi connectivity index (χ0v) is 15.3. The van der Waals surface area contributed by atoms with E-state index in [1.165, 1.54) is 96.3 Å². The Morgan fingerprint density at radius 3 is 1.76 bits per heavy atom. The third kappa shape index (κ3) is 6.83. The predicted octanol–water partition coefficient (Wildman–Crippen LogP) is 4.47. The molecule has 0 aliphatic heterocycles. The first-order valence-corrected chi connectivity index (χ1v) is 10.8. The van der Waals surface area contributed by atoms with Gasteiger partial charge in [0, 0.05) is 6.10 Å². The van der Waals surface area contributed by atoms with E-state index in [-0.39, 0.29) is 0 Å². The fourth-order valence-corrected chi connectivity index (χ4v) is 5.06. The third-order valence-electron chi connectivity index (χ3n) is 5.75. The summed E-state index contributed by atoms with van der Waals surface area (Å²) < 4.78 is 5.95. The predicted molar refractivity (Wildman–Crippen MR) is 91.9 cm³/mol. The van der Waals surface area contributed by atoms with Crippen molar-refractivity contribution in [3.8, 4) is 0 Å². The first-order valence-electron chi connectivity index (χ1n) is 9.62. The van der Waals surface area contributed by atoms with Crippen molar-refractivity contribution in [2.24, 2.45) is 11.8 Å². The monoisotopic (exact) mass is 312 g/mol. The molecule has 2 saturated carbocycles. The van der Waals surface area contributed by atoms with Crippen molar-refractivity contribution < 1.29 is 9.22 Å². The second-order valence-electron chi connectivity index (χ2n) is 7.39. The summed E-state index contributed by atoms with van der Waals surface area (Å²) in [6.07, 6.45) is 21.2. The molecule has 21 heavy (non-hydrogen) atoms. The van der Waals surface area contributed by atoms with Crippen LogP contribution in [0.4, 0.5) is 0 Å². The normalized spacial score (nSPS) is 26.1. The molecule has 2 rings (SSSR count). The van der Waals surface area contributed by atoms with Crippen LogP contribution in [0.3, 0.4) is 0 Å². The third-order valence-corrected chi connectivity index (χ3v) is 6.33. The van der Waals surface area contributed by atoms with Gasteiger partial charge in [0.25, 0.3) is 0 Å². The Morgan fingerprint density at radius 1 is 0.762 bits per heavy atom. The van der Waals surface area contributed by atoms with E-state index in [0.717, 1.165) is 11.8 Å². The minimum atomic E-state index is -1.26. The van der Waals surface area contributed by atoms with Gasteiger partial charge in [0.1, 0.15) is 0 Å². The maximum atomic E-state index is 9.44. The molecule has 2 fully saturated rings. The van der Waals surface area contributed by atoms with Gasteiger partial charge in [0.15, 0.2) is 0 Å². The molecule has 0 aromatic heterocycles. The smallest absolute Gasteiger partial charge is 0.302 e. The first-order chi connectivity index (χ1) is 10.4. The summed E-state index contributed by atoms with van der Waals surface area (Å²) in [7, 11) is -1.26. The fourth-order valence-electron chi connectivity index (χ4n) is 4.46. The zero-order valence-electron chi connectivity index (χ0n) is 13.9. The molecule has 1 atom stereocenters. The van der Waals surface area contributed by atoms with Gasteiger partial charge < -0.3 is 9.22 Å². The number of rotatable bonds is 5. The number of hydrogen-bond acceptors (Lipinski definition) is 2. The quantitative estimate of drug-likeness (QED) is 0.759. The van der Waals surface area contributed by atoms with Crippen molar-refractivity contribution in [3.05, 3.63) is 0 Å². The second kappa shape index (κ2) is 10.8. The van der Waals surface area contributed by atoms with Gasteiger partial charge in [-0.3, -0.25) is 0 Å². The van der Waals surface area contributed by atoms with Gasteiger partial charge in [-0.25, -0.2) is 0 Å². The van der Waals surface area contributed by atoms with E-state index >= 15 is 0 Å². The van der Waals surface area contributed by atoms with E-state index in [9.17, 15) is 4.80 Å². The van der Waals surface area contributed by atoms with Crippen LogP contribution >= 0.6 is 0 Å². The van der Waals surface area contributed by atoms with Gasteiger partial charge in [0.2, 0.25) is 0 Å². The minimum Gasteiger partial charge on any atom is -0.415 e. The molecule has 0 aromatic carbocycles. The highest BCUT2D eigenvalue weighted by atomic mass is 28.2. The molecule has 124 valence electrons. The summed E-state index contributed by atoms with van der Waals surface area (Å²) in [6, 6.07) is 0. The van der Waals surface area contributed by atoms with Gasteiger partial charge in [-0.15, -0.1) is 0 Å². The summed E-state index contributed by atoms with van der Waals surface area (Å²) >= 11 is 0. The maximum absolute atomic E-state index is 9.44. The highest BCUT2D eigenvalue weighted by Gasteiger charge is 2.25. The molecule has 0 bridgehead atoms. The second-order valence-corrected chi connectivity index (χ2v) is 7.98. The van der Waals surface area contributed by atoms with E-state index in [1.54, 1.807) is 0 Å². The Kier molecular flexibility index (Phi) is 8.99. The molecule has 0 spiro atoms. The van der Waals surface area contributed by atoms with Gasteiger partial charge >= 0.3 is 10.0 Å². The van der Waals surface area contributed by atoms with E-state index in [2.05, 4.69) is 0 Å². The van der Waals surface area contributed by atoms with Gasteiger partial charge in [-0.05, 0) is 31.1 Å². The summed E-state index contributed by atoms with van der Waals surface area (Å²) in [6.45, 7) is 0. The molecule has 0 saturated heterocycles. The lowest BCUT2D eigenvalue weighted by Crippen LogP contribution is -2.29. The summed E-state index contributed by atoms with van der Waals surface area (Å²) in [4.78, 5) is 9.44. The van der Waals surface area contributed by atoms with Crippen molar-refractivity contribution in [2.45, 2.75) is 102 Å². The molecular weight excluding hydrogens is 276 g/mol. The van der Waals surface area contributed by atoms with Gasteiger partial charge in [0.05, 0.1) is 0 Å². The van der Waals surface area contributed by atoms with Crippen molar-refractivity contribution >= 4 is 10.0 Å². The molecule has 1 unspecified atom stereocenters. The Labute approximate surface area is 134 Å². The van der Waals surface area contributed by atoms with Crippen LogP contribution in [0, 0.1) is 11.8 Å². The van der Waals surface area contributed by atoms with Crippen LogP contribution in [-0.2, 0) is 4.43 Å². The average molecular weight is 313 g/mol. The van der Waals surface area contributed by atoms with Crippen LogP contribution in [-0.4, -0.2) is 20.9 Å². The summed E-state index contributed by atoms with van der Waals surface area (Å²) in [5.41, 5.74) is 0. The van der Waals surface area contributed by atoms with Gasteiger partial charge in [-0.2, -0.15) is 0 Å². The maximum Gasteiger partial charge on any atom is 0.302 e.